The van der Waals surface area contributed by atoms with Crippen molar-refractivity contribution in [3.8, 4) is 5.75 Å². The summed E-state index contributed by atoms with van der Waals surface area (Å²) in [6.45, 7) is 7.30. The lowest BCUT2D eigenvalue weighted by Gasteiger charge is -2.32. The van der Waals surface area contributed by atoms with Gasteiger partial charge in [-0.3, -0.25) is 4.79 Å². The molecular weight excluding hydrogens is 252 g/mol. The van der Waals surface area contributed by atoms with E-state index in [4.69, 9.17) is 0 Å². The minimum absolute atomic E-state index is 0.0610. The highest BCUT2D eigenvalue weighted by Crippen LogP contribution is 2.19. The number of nitrogens with one attached hydrogen (secondary N) is 1. The zero-order valence-electron chi connectivity index (χ0n) is 12.4. The largest absolute Gasteiger partial charge is 0.507 e. The van der Waals surface area contributed by atoms with E-state index in [1.165, 1.54) is 6.42 Å². The van der Waals surface area contributed by atoms with E-state index in [1.807, 2.05) is 13.0 Å². The van der Waals surface area contributed by atoms with Crippen molar-refractivity contribution in [1.82, 2.24) is 10.2 Å². The smallest absolute Gasteiger partial charge is 0.255 e. The third-order valence-electron chi connectivity index (χ3n) is 3.86. The fourth-order valence-electron chi connectivity index (χ4n) is 2.71. The Bertz CT molecular complexity index is 466. The van der Waals surface area contributed by atoms with E-state index in [0.29, 0.717) is 5.56 Å². The molecule has 0 aromatic heterocycles. The van der Waals surface area contributed by atoms with Gasteiger partial charge in [-0.05, 0) is 50.4 Å². The Balaban J connectivity index is 1.89. The van der Waals surface area contributed by atoms with Crippen molar-refractivity contribution in [2.75, 3.05) is 19.6 Å². The molecule has 0 spiro atoms. The van der Waals surface area contributed by atoms with Crippen LogP contribution in [0.25, 0.3) is 0 Å². The second-order valence-electron chi connectivity index (χ2n) is 5.61. The lowest BCUT2D eigenvalue weighted by Crippen LogP contribution is -2.44. The van der Waals surface area contributed by atoms with Gasteiger partial charge in [0.2, 0.25) is 0 Å². The molecule has 4 heteroatoms. The van der Waals surface area contributed by atoms with E-state index in [2.05, 4.69) is 17.1 Å². The molecule has 1 heterocycles. The first kappa shape index (κ1) is 14.9. The average molecular weight is 276 g/mol. The molecule has 2 rings (SSSR count). The molecule has 0 aliphatic carbocycles. The Morgan fingerprint density at radius 3 is 2.70 bits per heavy atom. The van der Waals surface area contributed by atoms with E-state index >= 15 is 0 Å². The van der Waals surface area contributed by atoms with Crippen LogP contribution in [0.4, 0.5) is 0 Å². The van der Waals surface area contributed by atoms with Gasteiger partial charge in [-0.25, -0.2) is 0 Å². The molecular formula is C16H24N2O2. The van der Waals surface area contributed by atoms with Crippen LogP contribution in [0.15, 0.2) is 18.2 Å². The highest BCUT2D eigenvalue weighted by Gasteiger charge is 2.21. The molecule has 1 aromatic carbocycles. The molecule has 0 atom stereocenters. The molecule has 20 heavy (non-hydrogen) atoms. The van der Waals surface area contributed by atoms with Crippen LogP contribution in [0.5, 0.6) is 5.75 Å². The maximum absolute atomic E-state index is 12.2. The highest BCUT2D eigenvalue weighted by molar-refractivity contribution is 5.97. The second-order valence-corrected chi connectivity index (χ2v) is 5.61. The van der Waals surface area contributed by atoms with Crippen molar-refractivity contribution in [3.05, 3.63) is 29.3 Å². The van der Waals surface area contributed by atoms with Gasteiger partial charge in [-0.15, -0.1) is 0 Å². The first-order valence-electron chi connectivity index (χ1n) is 7.43. The van der Waals surface area contributed by atoms with Crippen LogP contribution in [0, 0.1) is 6.92 Å². The minimum Gasteiger partial charge on any atom is -0.507 e. The van der Waals surface area contributed by atoms with Crippen molar-refractivity contribution >= 4 is 5.91 Å². The molecule has 1 amide bonds. The maximum atomic E-state index is 12.2. The van der Waals surface area contributed by atoms with Crippen LogP contribution in [0.3, 0.4) is 0 Å². The molecule has 110 valence electrons. The van der Waals surface area contributed by atoms with E-state index in [-0.39, 0.29) is 17.7 Å². The number of likely N-dealkylation sites (tertiary alicyclic amines) is 1. The average Bonchev–Trinajstić information content (AvgIpc) is 2.41. The van der Waals surface area contributed by atoms with Crippen molar-refractivity contribution in [1.29, 1.82) is 0 Å². The maximum Gasteiger partial charge on any atom is 0.255 e. The first-order valence-corrected chi connectivity index (χ1v) is 7.43. The standard InChI is InChI=1S/C16H24N2O2/c1-3-8-18-9-6-13(7-10-18)17-16(20)14-5-4-12(2)11-15(14)19/h4-5,11,13,19H,3,6-10H2,1-2H3,(H,17,20). The molecule has 1 fully saturated rings. The molecule has 1 saturated heterocycles. The molecule has 0 saturated carbocycles. The summed E-state index contributed by atoms with van der Waals surface area (Å²) in [6, 6.07) is 5.38. The Morgan fingerprint density at radius 1 is 1.40 bits per heavy atom. The topological polar surface area (TPSA) is 52.6 Å². The minimum atomic E-state index is -0.170. The number of aryl methyl sites for hydroxylation is 1. The van der Waals surface area contributed by atoms with Crippen molar-refractivity contribution in [2.24, 2.45) is 0 Å². The van der Waals surface area contributed by atoms with E-state index in [0.717, 1.165) is 38.0 Å². The Labute approximate surface area is 120 Å². The Morgan fingerprint density at radius 2 is 2.10 bits per heavy atom. The third-order valence-corrected chi connectivity index (χ3v) is 3.86. The van der Waals surface area contributed by atoms with Crippen LogP contribution in [-0.4, -0.2) is 41.6 Å². The number of hydrogen-bond donors (Lipinski definition) is 2. The second kappa shape index (κ2) is 6.75. The lowest BCUT2D eigenvalue weighted by atomic mass is 10.0. The van der Waals surface area contributed by atoms with Gasteiger partial charge in [-0.2, -0.15) is 0 Å². The summed E-state index contributed by atoms with van der Waals surface area (Å²) in [7, 11) is 0. The molecule has 4 nitrogen and oxygen atoms in total. The number of rotatable bonds is 4. The number of nitrogens with zero attached hydrogens (tertiary/aromatic N) is 1. The number of benzene rings is 1. The summed E-state index contributed by atoms with van der Waals surface area (Å²) in [6.07, 6.45) is 3.14. The van der Waals surface area contributed by atoms with Crippen molar-refractivity contribution in [3.63, 3.8) is 0 Å². The number of carbonyl (C=O) groups is 1. The normalized spacial score (nSPS) is 17.1. The van der Waals surface area contributed by atoms with Gasteiger partial charge in [0.1, 0.15) is 5.75 Å². The lowest BCUT2D eigenvalue weighted by molar-refractivity contribution is 0.0908. The van der Waals surface area contributed by atoms with Gasteiger partial charge in [0.05, 0.1) is 5.56 Å². The monoisotopic (exact) mass is 276 g/mol. The van der Waals surface area contributed by atoms with Crippen LogP contribution in [-0.2, 0) is 0 Å². The van der Waals surface area contributed by atoms with E-state index < -0.39 is 0 Å². The summed E-state index contributed by atoms with van der Waals surface area (Å²) in [5, 5.41) is 12.9. The van der Waals surface area contributed by atoms with Gasteiger partial charge >= 0.3 is 0 Å². The summed E-state index contributed by atoms with van der Waals surface area (Å²) in [4.78, 5) is 14.6. The number of carbonyl (C=O) groups excluding carboxylic acids is 1. The van der Waals surface area contributed by atoms with Gasteiger partial charge in [-0.1, -0.05) is 13.0 Å². The molecule has 2 N–H and O–H groups in total. The molecule has 1 aliphatic rings. The van der Waals surface area contributed by atoms with Crippen LogP contribution in [0.2, 0.25) is 0 Å². The summed E-state index contributed by atoms with van der Waals surface area (Å²) < 4.78 is 0. The van der Waals surface area contributed by atoms with Crippen molar-refractivity contribution in [2.45, 2.75) is 39.2 Å². The number of hydrogen-bond acceptors (Lipinski definition) is 3. The third kappa shape index (κ3) is 3.73. The van der Waals surface area contributed by atoms with Gasteiger partial charge < -0.3 is 15.3 Å². The van der Waals surface area contributed by atoms with E-state index in [1.54, 1.807) is 12.1 Å². The number of amides is 1. The van der Waals surface area contributed by atoms with E-state index in [9.17, 15) is 9.90 Å². The summed E-state index contributed by atoms with van der Waals surface area (Å²) >= 11 is 0. The molecule has 0 radical (unpaired) electrons. The molecule has 0 unspecified atom stereocenters. The zero-order chi connectivity index (χ0) is 14.5. The summed E-state index contributed by atoms with van der Waals surface area (Å²) in [5.41, 5.74) is 1.32. The molecule has 1 aromatic rings. The SMILES string of the molecule is CCCN1CCC(NC(=O)c2ccc(C)cc2O)CC1. The fourth-order valence-corrected chi connectivity index (χ4v) is 2.71. The predicted molar refractivity (Wildman–Crippen MR) is 80.1 cm³/mol. The van der Waals surface area contributed by atoms with Gasteiger partial charge in [0.15, 0.2) is 0 Å². The van der Waals surface area contributed by atoms with Crippen LogP contribution < -0.4 is 5.32 Å². The number of phenols is 1. The molecule has 1 aliphatic heterocycles. The highest BCUT2D eigenvalue weighted by atomic mass is 16.3. The van der Waals surface area contributed by atoms with Crippen molar-refractivity contribution < 1.29 is 9.90 Å². The fraction of sp³-hybridized carbons (Fsp3) is 0.562. The number of piperidine rings is 1. The Hall–Kier alpha value is -1.55. The van der Waals surface area contributed by atoms with Crippen LogP contribution in [0.1, 0.15) is 42.1 Å². The first-order chi connectivity index (χ1) is 9.60. The predicted octanol–water partition coefficient (Wildman–Crippen LogP) is 2.30. The Kier molecular flexibility index (Phi) is 5.01. The summed E-state index contributed by atoms with van der Waals surface area (Å²) in [5.74, 6) is -0.109. The number of aromatic hydroxyl groups is 1. The van der Waals surface area contributed by atoms with Gasteiger partial charge in [0, 0.05) is 19.1 Å². The van der Waals surface area contributed by atoms with Crippen LogP contribution >= 0.6 is 0 Å². The van der Waals surface area contributed by atoms with Gasteiger partial charge in [0.25, 0.3) is 5.91 Å². The number of phenolic OH excluding ortho intramolecular Hbond substituents is 1. The zero-order valence-corrected chi connectivity index (χ0v) is 12.4. The molecule has 0 bridgehead atoms. The quantitative estimate of drug-likeness (QED) is 0.887.